The molecule has 3 heterocycles. The SMILES string of the molecule is CCc1ccsc1Cn1cncc1C1CNC1. The van der Waals surface area contributed by atoms with Crippen molar-refractivity contribution in [2.45, 2.75) is 25.8 Å². The lowest BCUT2D eigenvalue weighted by Crippen LogP contribution is -2.40. The molecule has 1 aliphatic heterocycles. The summed E-state index contributed by atoms with van der Waals surface area (Å²) in [6, 6.07) is 2.24. The van der Waals surface area contributed by atoms with Crippen molar-refractivity contribution in [3.63, 3.8) is 0 Å². The molecule has 0 radical (unpaired) electrons. The number of hydrogen-bond acceptors (Lipinski definition) is 3. The summed E-state index contributed by atoms with van der Waals surface area (Å²) in [5.74, 6) is 0.655. The molecule has 0 saturated carbocycles. The van der Waals surface area contributed by atoms with Crippen LogP contribution in [-0.2, 0) is 13.0 Å². The van der Waals surface area contributed by atoms with E-state index >= 15 is 0 Å². The Kier molecular flexibility index (Phi) is 2.99. The maximum absolute atomic E-state index is 4.30. The predicted molar refractivity (Wildman–Crippen MR) is 70.6 cm³/mol. The van der Waals surface area contributed by atoms with E-state index in [4.69, 9.17) is 0 Å². The van der Waals surface area contributed by atoms with Crippen molar-refractivity contribution in [2.24, 2.45) is 0 Å². The second-order valence-corrected chi connectivity index (χ2v) is 5.52. The fourth-order valence-corrected chi connectivity index (χ4v) is 3.25. The lowest BCUT2D eigenvalue weighted by Gasteiger charge is -2.27. The quantitative estimate of drug-likeness (QED) is 0.898. The number of nitrogens with zero attached hydrogens (tertiary/aromatic N) is 2. The van der Waals surface area contributed by atoms with Gasteiger partial charge in [-0.1, -0.05) is 6.92 Å². The summed E-state index contributed by atoms with van der Waals surface area (Å²) in [5, 5.41) is 5.51. The van der Waals surface area contributed by atoms with Crippen LogP contribution in [0.3, 0.4) is 0 Å². The minimum Gasteiger partial charge on any atom is -0.329 e. The number of aromatic nitrogens is 2. The van der Waals surface area contributed by atoms with Crippen LogP contribution >= 0.6 is 11.3 Å². The van der Waals surface area contributed by atoms with Gasteiger partial charge in [-0.3, -0.25) is 0 Å². The van der Waals surface area contributed by atoms with Crippen LogP contribution in [0.2, 0.25) is 0 Å². The molecule has 90 valence electrons. The van der Waals surface area contributed by atoms with Crippen molar-refractivity contribution in [1.29, 1.82) is 0 Å². The van der Waals surface area contributed by atoms with Crippen LogP contribution < -0.4 is 5.32 Å². The van der Waals surface area contributed by atoms with Gasteiger partial charge in [0.05, 0.1) is 12.9 Å². The Morgan fingerprint density at radius 1 is 1.53 bits per heavy atom. The first-order valence-corrected chi connectivity index (χ1v) is 7.02. The first kappa shape index (κ1) is 11.0. The molecule has 4 heteroatoms. The number of hydrogen-bond donors (Lipinski definition) is 1. The van der Waals surface area contributed by atoms with Crippen LogP contribution in [0.5, 0.6) is 0 Å². The molecule has 2 aromatic rings. The largest absolute Gasteiger partial charge is 0.329 e. The van der Waals surface area contributed by atoms with E-state index in [-0.39, 0.29) is 0 Å². The van der Waals surface area contributed by atoms with Crippen LogP contribution in [0, 0.1) is 0 Å². The van der Waals surface area contributed by atoms with Crippen molar-refractivity contribution in [1.82, 2.24) is 14.9 Å². The summed E-state index contributed by atoms with van der Waals surface area (Å²) < 4.78 is 2.30. The molecule has 3 rings (SSSR count). The zero-order chi connectivity index (χ0) is 11.7. The highest BCUT2D eigenvalue weighted by molar-refractivity contribution is 7.10. The Labute approximate surface area is 106 Å². The second-order valence-electron chi connectivity index (χ2n) is 4.52. The van der Waals surface area contributed by atoms with Crippen LogP contribution in [0.15, 0.2) is 24.0 Å². The monoisotopic (exact) mass is 247 g/mol. The van der Waals surface area contributed by atoms with Gasteiger partial charge in [-0.05, 0) is 23.4 Å². The van der Waals surface area contributed by atoms with Gasteiger partial charge in [-0.25, -0.2) is 4.98 Å². The van der Waals surface area contributed by atoms with E-state index in [1.807, 2.05) is 23.9 Å². The molecule has 0 aromatic carbocycles. The summed E-state index contributed by atoms with van der Waals surface area (Å²) >= 11 is 1.85. The molecule has 0 unspecified atom stereocenters. The summed E-state index contributed by atoms with van der Waals surface area (Å²) in [5.41, 5.74) is 2.85. The fourth-order valence-electron chi connectivity index (χ4n) is 2.28. The van der Waals surface area contributed by atoms with E-state index in [1.54, 1.807) is 0 Å². The molecule has 3 nitrogen and oxygen atoms in total. The Morgan fingerprint density at radius 2 is 2.41 bits per heavy atom. The molecule has 0 amide bonds. The van der Waals surface area contributed by atoms with Gasteiger partial charge in [0.1, 0.15) is 0 Å². The third kappa shape index (κ3) is 2.03. The van der Waals surface area contributed by atoms with E-state index in [0.29, 0.717) is 5.92 Å². The highest BCUT2D eigenvalue weighted by Crippen LogP contribution is 2.23. The van der Waals surface area contributed by atoms with Crippen molar-refractivity contribution in [3.05, 3.63) is 40.1 Å². The summed E-state index contributed by atoms with van der Waals surface area (Å²) in [6.07, 6.45) is 5.10. The van der Waals surface area contributed by atoms with E-state index in [0.717, 1.165) is 26.1 Å². The normalized spacial score (nSPS) is 16.1. The number of thiophene rings is 1. The highest BCUT2D eigenvalue weighted by atomic mass is 32.1. The number of nitrogens with one attached hydrogen (secondary N) is 1. The van der Waals surface area contributed by atoms with Gasteiger partial charge in [0, 0.05) is 35.8 Å². The van der Waals surface area contributed by atoms with E-state index in [9.17, 15) is 0 Å². The lowest BCUT2D eigenvalue weighted by atomic mass is 10.00. The smallest absolute Gasteiger partial charge is 0.0951 e. The number of rotatable bonds is 4. The first-order chi connectivity index (χ1) is 8.38. The third-order valence-corrected chi connectivity index (χ3v) is 4.42. The maximum atomic E-state index is 4.30. The average molecular weight is 247 g/mol. The van der Waals surface area contributed by atoms with Crippen LogP contribution in [-0.4, -0.2) is 22.6 Å². The third-order valence-electron chi connectivity index (χ3n) is 3.48. The van der Waals surface area contributed by atoms with Crippen LogP contribution in [0.1, 0.15) is 29.0 Å². The first-order valence-electron chi connectivity index (χ1n) is 6.14. The molecule has 1 N–H and O–H groups in total. The van der Waals surface area contributed by atoms with Crippen molar-refractivity contribution >= 4 is 11.3 Å². The molecule has 2 aromatic heterocycles. The van der Waals surface area contributed by atoms with Crippen LogP contribution in [0.25, 0.3) is 0 Å². The summed E-state index contributed by atoms with van der Waals surface area (Å²) in [6.45, 7) is 5.39. The van der Waals surface area contributed by atoms with Gasteiger partial charge in [0.2, 0.25) is 0 Å². The minimum atomic E-state index is 0.655. The van der Waals surface area contributed by atoms with Crippen molar-refractivity contribution < 1.29 is 0 Å². The molecule has 17 heavy (non-hydrogen) atoms. The molecular weight excluding hydrogens is 230 g/mol. The summed E-state index contributed by atoms with van der Waals surface area (Å²) in [4.78, 5) is 5.77. The Balaban J connectivity index is 1.83. The fraction of sp³-hybridized carbons (Fsp3) is 0.462. The standard InChI is InChI=1S/C13H17N3S/c1-2-10-3-4-17-13(10)8-16-9-15-7-12(16)11-5-14-6-11/h3-4,7,9,11,14H,2,5-6,8H2,1H3. The molecular formula is C13H17N3S. The molecule has 1 fully saturated rings. The Bertz CT molecular complexity index is 496. The predicted octanol–water partition coefficient (Wildman–Crippen LogP) is 2.24. The van der Waals surface area contributed by atoms with Gasteiger partial charge < -0.3 is 9.88 Å². The van der Waals surface area contributed by atoms with Gasteiger partial charge in [0.25, 0.3) is 0 Å². The Morgan fingerprint density at radius 3 is 3.12 bits per heavy atom. The number of imidazole rings is 1. The topological polar surface area (TPSA) is 29.9 Å². The lowest BCUT2D eigenvalue weighted by molar-refractivity contribution is 0.427. The zero-order valence-electron chi connectivity index (χ0n) is 10.0. The van der Waals surface area contributed by atoms with Gasteiger partial charge in [-0.2, -0.15) is 0 Å². The molecule has 0 aliphatic carbocycles. The summed E-state index contributed by atoms with van der Waals surface area (Å²) in [7, 11) is 0. The highest BCUT2D eigenvalue weighted by Gasteiger charge is 2.22. The van der Waals surface area contributed by atoms with E-state index in [1.165, 1.54) is 16.1 Å². The minimum absolute atomic E-state index is 0.655. The van der Waals surface area contributed by atoms with E-state index in [2.05, 4.69) is 33.2 Å². The molecule has 1 saturated heterocycles. The maximum Gasteiger partial charge on any atom is 0.0951 e. The van der Waals surface area contributed by atoms with Crippen molar-refractivity contribution in [2.75, 3.05) is 13.1 Å². The molecule has 0 spiro atoms. The second kappa shape index (κ2) is 4.63. The van der Waals surface area contributed by atoms with Gasteiger partial charge in [0.15, 0.2) is 0 Å². The molecule has 0 atom stereocenters. The Hall–Kier alpha value is -1.13. The molecule has 0 bridgehead atoms. The number of aryl methyl sites for hydroxylation is 1. The van der Waals surface area contributed by atoms with Crippen molar-refractivity contribution in [3.8, 4) is 0 Å². The van der Waals surface area contributed by atoms with Gasteiger partial charge >= 0.3 is 0 Å². The van der Waals surface area contributed by atoms with Crippen LogP contribution in [0.4, 0.5) is 0 Å². The average Bonchev–Trinajstić information content (AvgIpc) is 2.87. The van der Waals surface area contributed by atoms with Gasteiger partial charge in [-0.15, -0.1) is 11.3 Å². The molecule has 1 aliphatic rings. The van der Waals surface area contributed by atoms with E-state index < -0.39 is 0 Å². The zero-order valence-corrected chi connectivity index (χ0v) is 10.8.